The van der Waals surface area contributed by atoms with E-state index in [0.717, 1.165) is 13.1 Å². The molecule has 1 aromatic heterocycles. The van der Waals surface area contributed by atoms with Gasteiger partial charge in [0.2, 0.25) is 20.0 Å². The molecule has 16 heteroatoms. The zero-order chi connectivity index (χ0) is 23.5. The Labute approximate surface area is 191 Å². The van der Waals surface area contributed by atoms with Gasteiger partial charge in [-0.1, -0.05) is 0 Å². The van der Waals surface area contributed by atoms with Crippen LogP contribution in [-0.4, -0.2) is 101 Å². The number of ether oxygens (including phenoxy) is 1. The Kier molecular flexibility index (Phi) is 7.22. The lowest BCUT2D eigenvalue weighted by atomic mass is 10.1. The Morgan fingerprint density at radius 2 is 2.00 bits per heavy atom. The molecule has 4 rings (SSSR count). The molecule has 0 amide bonds. The first kappa shape index (κ1) is 23.9. The van der Waals surface area contributed by atoms with E-state index in [0.29, 0.717) is 51.5 Å². The number of nitrogens with two attached hydrogens (primary N) is 1. The van der Waals surface area contributed by atoms with Crippen LogP contribution < -0.4 is 20.5 Å². The zero-order valence-electron chi connectivity index (χ0n) is 17.8. The van der Waals surface area contributed by atoms with Crippen LogP contribution in [0.5, 0.6) is 0 Å². The number of aromatic nitrogens is 4. The van der Waals surface area contributed by atoms with E-state index in [9.17, 15) is 16.8 Å². The van der Waals surface area contributed by atoms with Gasteiger partial charge in [0, 0.05) is 44.5 Å². The molecule has 33 heavy (non-hydrogen) atoms. The maximum Gasteiger partial charge on any atom is 0.242 e. The molecule has 6 N–H and O–H groups in total. The predicted molar refractivity (Wildman–Crippen MR) is 118 cm³/mol. The number of hydrogen-bond donors (Lipinski definition) is 5. The Morgan fingerprint density at radius 1 is 1.21 bits per heavy atom. The van der Waals surface area contributed by atoms with Crippen LogP contribution >= 0.6 is 0 Å². The number of hydrogen-bond acceptors (Lipinski definition) is 11. The minimum absolute atomic E-state index is 0.0209. The Bertz CT molecular complexity index is 1160. The lowest BCUT2D eigenvalue weighted by Crippen LogP contribution is -2.39. The second-order valence-corrected chi connectivity index (χ2v) is 11.0. The number of H-pyrrole nitrogens is 1. The maximum absolute atomic E-state index is 13.1. The molecule has 2 saturated heterocycles. The lowest BCUT2D eigenvalue weighted by molar-refractivity contribution is 0.0398. The average Bonchev–Trinajstić information content (AvgIpc) is 3.47. The zero-order valence-corrected chi connectivity index (χ0v) is 19.5. The number of morpholine rings is 1. The van der Waals surface area contributed by atoms with Gasteiger partial charge in [0.05, 0.1) is 18.8 Å². The van der Waals surface area contributed by atoms with Gasteiger partial charge in [-0.15, -0.1) is 5.10 Å². The van der Waals surface area contributed by atoms with Gasteiger partial charge in [0.25, 0.3) is 0 Å². The van der Waals surface area contributed by atoms with Crippen molar-refractivity contribution >= 4 is 25.7 Å². The van der Waals surface area contributed by atoms with Gasteiger partial charge in [0.15, 0.2) is 5.82 Å². The Hall–Kier alpha value is -2.21. The maximum atomic E-state index is 13.1. The van der Waals surface area contributed by atoms with E-state index < -0.39 is 29.8 Å². The summed E-state index contributed by atoms with van der Waals surface area (Å²) in [7, 11) is -8.70. The fourth-order valence-electron chi connectivity index (χ4n) is 3.92. The fraction of sp³-hybridized carbons (Fsp3) is 0.588. The fourth-order valence-corrected chi connectivity index (χ4v) is 6.79. The second kappa shape index (κ2) is 9.96. The van der Waals surface area contributed by atoms with Gasteiger partial charge in [-0.2, -0.15) is 0 Å². The van der Waals surface area contributed by atoms with Crippen molar-refractivity contribution in [2.45, 2.75) is 22.3 Å². The predicted octanol–water partition coefficient (Wildman–Crippen LogP) is -2.10. The number of sulfonamides is 2. The summed E-state index contributed by atoms with van der Waals surface area (Å²) in [6.45, 7) is 5.15. The molecule has 182 valence electrons. The molecule has 0 saturated carbocycles. The first-order valence-corrected chi connectivity index (χ1v) is 13.5. The van der Waals surface area contributed by atoms with Crippen molar-refractivity contribution in [1.82, 2.24) is 35.6 Å². The van der Waals surface area contributed by atoms with Crippen LogP contribution in [0, 0.1) is 0 Å². The van der Waals surface area contributed by atoms with Gasteiger partial charge in [0.1, 0.15) is 9.79 Å². The number of anilines is 1. The van der Waals surface area contributed by atoms with Gasteiger partial charge in [-0.3, -0.25) is 4.90 Å². The van der Waals surface area contributed by atoms with E-state index in [2.05, 4.69) is 40.9 Å². The third-order valence-electron chi connectivity index (χ3n) is 5.51. The Morgan fingerprint density at radius 3 is 2.64 bits per heavy atom. The molecule has 2 aliphatic heterocycles. The normalized spacial score (nSPS) is 20.2. The summed E-state index contributed by atoms with van der Waals surface area (Å²) < 4.78 is 59.5. The summed E-state index contributed by atoms with van der Waals surface area (Å²) in [6, 6.07) is 2.37. The minimum Gasteiger partial charge on any atom is -0.383 e. The molecule has 1 atom stereocenters. The van der Waals surface area contributed by atoms with E-state index >= 15 is 0 Å². The number of aromatic amines is 1. The van der Waals surface area contributed by atoms with Crippen LogP contribution in [0.1, 0.15) is 6.42 Å². The van der Waals surface area contributed by atoms with Crippen molar-refractivity contribution < 1.29 is 21.6 Å². The quantitative estimate of drug-likeness (QED) is 0.252. The molecule has 1 aromatic carbocycles. The van der Waals surface area contributed by atoms with E-state index in [1.54, 1.807) is 0 Å². The average molecular weight is 502 g/mol. The molecule has 2 aliphatic rings. The van der Waals surface area contributed by atoms with Crippen LogP contribution in [0.3, 0.4) is 0 Å². The Balaban J connectivity index is 1.72. The number of nitrogens with zero attached hydrogens (tertiary/aromatic N) is 4. The second-order valence-electron chi connectivity index (χ2n) is 7.80. The molecule has 0 bridgehead atoms. The molecule has 0 radical (unpaired) electrons. The summed E-state index contributed by atoms with van der Waals surface area (Å²) >= 11 is 0. The van der Waals surface area contributed by atoms with E-state index in [1.165, 1.54) is 12.1 Å². The van der Waals surface area contributed by atoms with Gasteiger partial charge < -0.3 is 15.4 Å². The molecule has 2 fully saturated rings. The number of tetrazole rings is 1. The van der Waals surface area contributed by atoms with Crippen LogP contribution in [-0.2, 0) is 24.8 Å². The third kappa shape index (κ3) is 5.65. The largest absolute Gasteiger partial charge is 0.383 e. The highest BCUT2D eigenvalue weighted by atomic mass is 32.2. The van der Waals surface area contributed by atoms with Crippen molar-refractivity contribution in [2.75, 3.05) is 57.8 Å². The summed E-state index contributed by atoms with van der Waals surface area (Å²) in [5.41, 5.74) is 0.309. The van der Waals surface area contributed by atoms with Crippen LogP contribution in [0.2, 0.25) is 0 Å². The standard InChI is InChI=1S/C17H27N9O5S2/c18-32(27,28)16-14(33(29,30)23-12-3-4-19-11-12)2-1-13(15(16)17-21-24-25-22-17)20-5-6-26-7-9-31-10-8-26/h1-2,12,19-20,23H,3-11H2,(H2,18,27,28)(H,21,22,24,25)/t12-/m1/s1. The highest BCUT2D eigenvalue weighted by Gasteiger charge is 2.33. The van der Waals surface area contributed by atoms with E-state index in [-0.39, 0.29) is 17.4 Å². The first-order chi connectivity index (χ1) is 15.8. The van der Waals surface area contributed by atoms with Crippen molar-refractivity contribution in [3.8, 4) is 11.4 Å². The topological polar surface area (TPSA) is 197 Å². The molecule has 0 unspecified atom stereocenters. The van der Waals surface area contributed by atoms with Crippen LogP contribution in [0.15, 0.2) is 21.9 Å². The van der Waals surface area contributed by atoms with Crippen molar-refractivity contribution in [3.63, 3.8) is 0 Å². The minimum atomic E-state index is -4.49. The molecule has 3 heterocycles. The summed E-state index contributed by atoms with van der Waals surface area (Å²) in [6.07, 6.45) is 0.587. The molecule has 14 nitrogen and oxygen atoms in total. The number of nitrogens with one attached hydrogen (secondary N) is 4. The number of rotatable bonds is 9. The SMILES string of the molecule is NS(=O)(=O)c1c(S(=O)(=O)N[C@@H]2CCNC2)ccc(NCCN2CCOCC2)c1-c1nnn[nH]1. The number of primary sulfonamides is 1. The molecule has 2 aromatic rings. The van der Waals surface area contributed by atoms with Crippen molar-refractivity contribution in [1.29, 1.82) is 0 Å². The molecular weight excluding hydrogens is 474 g/mol. The van der Waals surface area contributed by atoms with Crippen LogP contribution in [0.4, 0.5) is 5.69 Å². The van der Waals surface area contributed by atoms with Gasteiger partial charge in [-0.05, 0) is 35.5 Å². The highest BCUT2D eigenvalue weighted by molar-refractivity contribution is 7.92. The summed E-state index contributed by atoms with van der Waals surface area (Å²) in [5.74, 6) is -0.0209. The first-order valence-electron chi connectivity index (χ1n) is 10.5. The lowest BCUT2D eigenvalue weighted by Gasteiger charge is -2.27. The van der Waals surface area contributed by atoms with Crippen molar-refractivity contribution in [3.05, 3.63) is 12.1 Å². The summed E-state index contributed by atoms with van der Waals surface area (Å²) in [4.78, 5) is 1.17. The molecular formula is C17H27N9O5S2. The van der Waals surface area contributed by atoms with Crippen LogP contribution in [0.25, 0.3) is 11.4 Å². The smallest absolute Gasteiger partial charge is 0.242 e. The monoisotopic (exact) mass is 501 g/mol. The highest BCUT2D eigenvalue weighted by Crippen LogP contribution is 2.36. The molecule has 0 aliphatic carbocycles. The van der Waals surface area contributed by atoms with E-state index in [1.807, 2.05) is 0 Å². The summed E-state index contributed by atoms with van der Waals surface area (Å²) in [5, 5.41) is 25.1. The van der Waals surface area contributed by atoms with Crippen molar-refractivity contribution in [2.24, 2.45) is 5.14 Å². The van der Waals surface area contributed by atoms with Gasteiger partial charge >= 0.3 is 0 Å². The number of benzene rings is 1. The van der Waals surface area contributed by atoms with Gasteiger partial charge in [-0.25, -0.2) is 31.8 Å². The molecule has 0 spiro atoms. The van der Waals surface area contributed by atoms with E-state index in [4.69, 9.17) is 9.88 Å². The third-order valence-corrected chi connectivity index (χ3v) is 8.19.